The lowest BCUT2D eigenvalue weighted by Gasteiger charge is -2.10. The monoisotopic (exact) mass is 270 g/mol. The number of hydrogen-bond acceptors (Lipinski definition) is 3. The number of benzene rings is 2. The fourth-order valence-corrected chi connectivity index (χ4v) is 2.60. The lowest BCUT2D eigenvalue weighted by Crippen LogP contribution is -2.02. The molecule has 3 rings (SSSR count). The molecule has 20 heavy (non-hydrogen) atoms. The largest absolute Gasteiger partial charge is 0.493 e. The smallest absolute Gasteiger partial charge is 0.135 e. The molecule has 2 aromatic carbocycles. The summed E-state index contributed by atoms with van der Waals surface area (Å²) < 4.78 is 11.7. The Bertz CT molecular complexity index is 728. The molecule has 0 bridgehead atoms. The van der Waals surface area contributed by atoms with Gasteiger partial charge >= 0.3 is 0 Å². The molecule has 0 radical (unpaired) electrons. The van der Waals surface area contributed by atoms with Crippen LogP contribution in [-0.4, -0.2) is 18.3 Å². The van der Waals surface area contributed by atoms with Crippen molar-refractivity contribution >= 4 is 21.9 Å². The first-order chi connectivity index (χ1) is 9.85. The molecule has 1 aromatic heterocycles. The Kier molecular flexibility index (Phi) is 3.61. The highest BCUT2D eigenvalue weighted by Crippen LogP contribution is 2.36. The van der Waals surface area contributed by atoms with Gasteiger partial charge in [0.2, 0.25) is 0 Å². The second-order valence-electron chi connectivity index (χ2n) is 4.79. The Labute approximate surface area is 117 Å². The minimum atomic E-state index is 0.151. The van der Waals surface area contributed by atoms with Gasteiger partial charge in [0.05, 0.1) is 6.61 Å². The molecule has 1 heterocycles. The zero-order valence-electron chi connectivity index (χ0n) is 11.6. The standard InChI is InChI=1S/C17H18O3/c1-2-12-14(19-11-5-10-18)8-9-16-17(12)13-6-3-4-7-15(13)20-16/h3-4,6-9,18H,2,5,10-11H2,1H3. The number of hydrogen-bond donors (Lipinski definition) is 1. The van der Waals surface area contributed by atoms with Gasteiger partial charge in [-0.1, -0.05) is 25.1 Å². The van der Waals surface area contributed by atoms with Gasteiger partial charge in [0.15, 0.2) is 0 Å². The number of rotatable bonds is 5. The van der Waals surface area contributed by atoms with Gasteiger partial charge in [0.25, 0.3) is 0 Å². The topological polar surface area (TPSA) is 42.6 Å². The van der Waals surface area contributed by atoms with Gasteiger partial charge in [0.1, 0.15) is 16.9 Å². The zero-order chi connectivity index (χ0) is 13.9. The van der Waals surface area contributed by atoms with E-state index in [4.69, 9.17) is 14.3 Å². The molecule has 104 valence electrons. The first-order valence-corrected chi connectivity index (χ1v) is 7.02. The average molecular weight is 270 g/mol. The summed E-state index contributed by atoms with van der Waals surface area (Å²) in [5, 5.41) is 11.1. The van der Waals surface area contributed by atoms with Gasteiger partial charge in [-0.05, 0) is 24.6 Å². The van der Waals surface area contributed by atoms with E-state index in [0.29, 0.717) is 13.0 Å². The van der Waals surface area contributed by atoms with E-state index in [2.05, 4.69) is 13.0 Å². The number of fused-ring (bicyclic) bond motifs is 3. The molecule has 0 saturated carbocycles. The van der Waals surface area contributed by atoms with E-state index in [0.717, 1.165) is 34.1 Å². The van der Waals surface area contributed by atoms with E-state index < -0.39 is 0 Å². The molecule has 0 atom stereocenters. The Morgan fingerprint density at radius 1 is 1.10 bits per heavy atom. The second kappa shape index (κ2) is 5.55. The third-order valence-corrected chi connectivity index (χ3v) is 3.52. The van der Waals surface area contributed by atoms with Crippen molar-refractivity contribution in [2.75, 3.05) is 13.2 Å². The molecule has 1 N–H and O–H groups in total. The summed E-state index contributed by atoms with van der Waals surface area (Å²) in [6, 6.07) is 12.0. The Morgan fingerprint density at radius 2 is 1.95 bits per heavy atom. The minimum absolute atomic E-state index is 0.151. The summed E-state index contributed by atoms with van der Waals surface area (Å²) in [6.45, 7) is 2.80. The highest BCUT2D eigenvalue weighted by molar-refractivity contribution is 6.07. The van der Waals surface area contributed by atoms with Crippen LogP contribution in [0.15, 0.2) is 40.8 Å². The van der Waals surface area contributed by atoms with Crippen molar-refractivity contribution in [2.45, 2.75) is 19.8 Å². The van der Waals surface area contributed by atoms with Crippen molar-refractivity contribution in [1.82, 2.24) is 0 Å². The number of aliphatic hydroxyl groups is 1. The maximum Gasteiger partial charge on any atom is 0.135 e. The number of aryl methyl sites for hydroxylation is 1. The molecule has 0 fully saturated rings. The molecule has 0 amide bonds. The molecule has 3 heteroatoms. The molecule has 3 nitrogen and oxygen atoms in total. The molecular weight excluding hydrogens is 252 g/mol. The van der Waals surface area contributed by atoms with Gasteiger partial charge in [-0.2, -0.15) is 0 Å². The van der Waals surface area contributed by atoms with Crippen LogP contribution in [0.25, 0.3) is 21.9 Å². The van der Waals surface area contributed by atoms with Crippen molar-refractivity contribution in [1.29, 1.82) is 0 Å². The molecule has 0 spiro atoms. The second-order valence-corrected chi connectivity index (χ2v) is 4.79. The molecule has 0 aliphatic heterocycles. The maximum atomic E-state index is 8.86. The normalized spacial score (nSPS) is 11.3. The molecule has 3 aromatic rings. The van der Waals surface area contributed by atoms with Crippen molar-refractivity contribution in [2.24, 2.45) is 0 Å². The van der Waals surface area contributed by atoms with E-state index >= 15 is 0 Å². The third-order valence-electron chi connectivity index (χ3n) is 3.52. The summed E-state index contributed by atoms with van der Waals surface area (Å²) in [4.78, 5) is 0. The van der Waals surface area contributed by atoms with Crippen LogP contribution in [0, 0.1) is 0 Å². The van der Waals surface area contributed by atoms with Crippen molar-refractivity contribution in [3.63, 3.8) is 0 Å². The lowest BCUT2D eigenvalue weighted by molar-refractivity contribution is 0.233. The summed E-state index contributed by atoms with van der Waals surface area (Å²) in [5.74, 6) is 0.889. The minimum Gasteiger partial charge on any atom is -0.493 e. The number of para-hydroxylation sites is 1. The van der Waals surface area contributed by atoms with Crippen LogP contribution in [0.5, 0.6) is 5.75 Å². The van der Waals surface area contributed by atoms with Crippen LogP contribution >= 0.6 is 0 Å². The number of furan rings is 1. The molecule has 0 saturated heterocycles. The highest BCUT2D eigenvalue weighted by Gasteiger charge is 2.14. The van der Waals surface area contributed by atoms with E-state index in [-0.39, 0.29) is 6.61 Å². The summed E-state index contributed by atoms with van der Waals surface area (Å²) in [7, 11) is 0. The zero-order valence-corrected chi connectivity index (χ0v) is 11.6. The van der Waals surface area contributed by atoms with Crippen LogP contribution in [0.2, 0.25) is 0 Å². The Hall–Kier alpha value is -2.00. The van der Waals surface area contributed by atoms with Crippen LogP contribution in [0.4, 0.5) is 0 Å². The Morgan fingerprint density at radius 3 is 2.75 bits per heavy atom. The van der Waals surface area contributed by atoms with Crippen LogP contribution < -0.4 is 4.74 Å². The summed E-state index contributed by atoms with van der Waals surface area (Å²) in [5.41, 5.74) is 2.98. The van der Waals surface area contributed by atoms with Gasteiger partial charge in [0, 0.05) is 29.4 Å². The molecular formula is C17H18O3. The van der Waals surface area contributed by atoms with E-state index in [9.17, 15) is 0 Å². The average Bonchev–Trinajstić information content (AvgIpc) is 2.86. The fraction of sp³-hybridized carbons (Fsp3) is 0.294. The van der Waals surface area contributed by atoms with Crippen molar-refractivity contribution < 1.29 is 14.3 Å². The van der Waals surface area contributed by atoms with Crippen molar-refractivity contribution in [3.8, 4) is 5.75 Å². The third kappa shape index (κ3) is 2.14. The van der Waals surface area contributed by atoms with Gasteiger partial charge in [-0.15, -0.1) is 0 Å². The van der Waals surface area contributed by atoms with Gasteiger partial charge in [-0.25, -0.2) is 0 Å². The molecule has 0 unspecified atom stereocenters. The van der Waals surface area contributed by atoms with Gasteiger partial charge in [-0.3, -0.25) is 0 Å². The Balaban J connectivity index is 2.15. The summed E-state index contributed by atoms with van der Waals surface area (Å²) in [6.07, 6.45) is 1.53. The first kappa shape index (κ1) is 13.0. The first-order valence-electron chi connectivity index (χ1n) is 7.02. The maximum absolute atomic E-state index is 8.86. The van der Waals surface area contributed by atoms with Crippen LogP contribution in [0.3, 0.4) is 0 Å². The fourth-order valence-electron chi connectivity index (χ4n) is 2.60. The molecule has 0 aliphatic carbocycles. The molecule has 0 aliphatic rings. The van der Waals surface area contributed by atoms with E-state index in [1.165, 1.54) is 5.56 Å². The predicted octanol–water partition coefficient (Wildman–Crippen LogP) is 3.91. The van der Waals surface area contributed by atoms with E-state index in [1.54, 1.807) is 0 Å². The van der Waals surface area contributed by atoms with Gasteiger partial charge < -0.3 is 14.3 Å². The SMILES string of the molecule is CCc1c(OCCCO)ccc2oc3ccccc3c12. The summed E-state index contributed by atoms with van der Waals surface area (Å²) >= 11 is 0. The van der Waals surface area contributed by atoms with Crippen LogP contribution in [-0.2, 0) is 6.42 Å². The highest BCUT2D eigenvalue weighted by atomic mass is 16.5. The lowest BCUT2D eigenvalue weighted by atomic mass is 10.0. The predicted molar refractivity (Wildman–Crippen MR) is 80.3 cm³/mol. The van der Waals surface area contributed by atoms with Crippen LogP contribution in [0.1, 0.15) is 18.9 Å². The quantitative estimate of drug-likeness (QED) is 0.715. The van der Waals surface area contributed by atoms with Crippen molar-refractivity contribution in [3.05, 3.63) is 42.0 Å². The number of aliphatic hydroxyl groups excluding tert-OH is 1. The van der Waals surface area contributed by atoms with E-state index in [1.807, 2.05) is 30.3 Å². The number of ether oxygens (including phenoxy) is 1.